The Hall–Kier alpha value is -2.81. The van der Waals surface area contributed by atoms with Crippen molar-refractivity contribution in [3.63, 3.8) is 0 Å². The number of hydrogen-bond donors (Lipinski definition) is 1. The standard InChI is InChI=1S/C22H22FNO/c1-2-18-9-4-6-13-22(18)24-15-17-8-7-11-20(14-17)25-16-19-10-3-5-12-21(19)23/h3-14,24H,2,15-16H2,1H3. The molecule has 1 N–H and O–H groups in total. The minimum Gasteiger partial charge on any atom is -0.489 e. The molecule has 0 radical (unpaired) electrons. The third-order valence-corrected chi connectivity index (χ3v) is 4.13. The molecule has 0 fully saturated rings. The molecule has 0 aliphatic rings. The lowest BCUT2D eigenvalue weighted by atomic mass is 10.1. The molecule has 3 aromatic carbocycles. The van der Waals surface area contributed by atoms with Crippen LogP contribution < -0.4 is 10.1 Å². The Morgan fingerprint density at radius 2 is 1.64 bits per heavy atom. The van der Waals surface area contributed by atoms with Crippen LogP contribution in [0.1, 0.15) is 23.6 Å². The van der Waals surface area contributed by atoms with E-state index in [0.717, 1.165) is 23.4 Å². The molecule has 0 amide bonds. The van der Waals surface area contributed by atoms with Gasteiger partial charge in [0.15, 0.2) is 0 Å². The van der Waals surface area contributed by atoms with E-state index in [1.165, 1.54) is 11.6 Å². The zero-order chi connectivity index (χ0) is 17.5. The summed E-state index contributed by atoms with van der Waals surface area (Å²) in [5.74, 6) is 0.503. The van der Waals surface area contributed by atoms with Crippen LogP contribution in [0.2, 0.25) is 0 Å². The highest BCUT2D eigenvalue weighted by Gasteiger charge is 2.03. The number of halogens is 1. The number of rotatable bonds is 7. The van der Waals surface area contributed by atoms with Crippen LogP contribution >= 0.6 is 0 Å². The first-order valence-electron chi connectivity index (χ1n) is 8.53. The third kappa shape index (κ3) is 4.60. The molecule has 0 aliphatic carbocycles. The van der Waals surface area contributed by atoms with Crippen LogP contribution in [0.25, 0.3) is 0 Å². The van der Waals surface area contributed by atoms with E-state index in [9.17, 15) is 4.39 Å². The first-order valence-corrected chi connectivity index (χ1v) is 8.53. The van der Waals surface area contributed by atoms with Crippen molar-refractivity contribution < 1.29 is 9.13 Å². The van der Waals surface area contributed by atoms with Crippen LogP contribution in [0, 0.1) is 5.82 Å². The van der Waals surface area contributed by atoms with Crippen molar-refractivity contribution in [3.05, 3.63) is 95.3 Å². The second-order valence-corrected chi connectivity index (χ2v) is 5.89. The largest absolute Gasteiger partial charge is 0.489 e. The van der Waals surface area contributed by atoms with Crippen LogP contribution in [-0.4, -0.2) is 0 Å². The van der Waals surface area contributed by atoms with E-state index in [4.69, 9.17) is 4.74 Å². The Morgan fingerprint density at radius 1 is 0.880 bits per heavy atom. The summed E-state index contributed by atoms with van der Waals surface area (Å²) < 4.78 is 19.4. The van der Waals surface area contributed by atoms with Crippen molar-refractivity contribution in [1.29, 1.82) is 0 Å². The molecule has 128 valence electrons. The van der Waals surface area contributed by atoms with E-state index in [0.29, 0.717) is 12.1 Å². The number of para-hydroxylation sites is 1. The average molecular weight is 335 g/mol. The van der Waals surface area contributed by atoms with Gasteiger partial charge in [0.25, 0.3) is 0 Å². The number of hydrogen-bond acceptors (Lipinski definition) is 2. The Morgan fingerprint density at radius 3 is 2.44 bits per heavy atom. The Bertz CT molecular complexity index is 832. The summed E-state index contributed by atoms with van der Waals surface area (Å²) in [6.07, 6.45) is 0.995. The van der Waals surface area contributed by atoms with Crippen molar-refractivity contribution in [2.45, 2.75) is 26.5 Å². The number of nitrogens with one attached hydrogen (secondary N) is 1. The van der Waals surface area contributed by atoms with Crippen LogP contribution in [0.3, 0.4) is 0 Å². The third-order valence-electron chi connectivity index (χ3n) is 4.13. The molecule has 3 rings (SSSR count). The summed E-state index contributed by atoms with van der Waals surface area (Å²) in [4.78, 5) is 0. The number of benzene rings is 3. The normalized spacial score (nSPS) is 10.5. The summed E-state index contributed by atoms with van der Waals surface area (Å²) in [6, 6.07) is 22.9. The molecule has 0 heterocycles. The monoisotopic (exact) mass is 335 g/mol. The van der Waals surface area contributed by atoms with Crippen molar-refractivity contribution in [1.82, 2.24) is 0 Å². The van der Waals surface area contributed by atoms with E-state index >= 15 is 0 Å². The summed E-state index contributed by atoms with van der Waals surface area (Å²) >= 11 is 0. The van der Waals surface area contributed by atoms with Crippen LogP contribution in [0.4, 0.5) is 10.1 Å². The Kier molecular flexibility index (Phi) is 5.68. The number of ether oxygens (including phenoxy) is 1. The van der Waals surface area contributed by atoms with E-state index in [1.807, 2.05) is 30.3 Å². The maximum absolute atomic E-state index is 13.7. The summed E-state index contributed by atoms with van der Waals surface area (Å²) in [5, 5.41) is 3.48. The fourth-order valence-corrected chi connectivity index (χ4v) is 2.72. The molecule has 0 atom stereocenters. The topological polar surface area (TPSA) is 21.3 Å². The van der Waals surface area contributed by atoms with Crippen molar-refractivity contribution in [2.24, 2.45) is 0 Å². The molecule has 25 heavy (non-hydrogen) atoms. The van der Waals surface area contributed by atoms with Crippen LogP contribution in [-0.2, 0) is 19.6 Å². The second kappa shape index (κ2) is 8.34. The van der Waals surface area contributed by atoms with E-state index in [1.54, 1.807) is 12.1 Å². The molecule has 0 aromatic heterocycles. The van der Waals surface area contributed by atoms with E-state index < -0.39 is 0 Å². The van der Waals surface area contributed by atoms with Crippen LogP contribution in [0.15, 0.2) is 72.8 Å². The Labute approximate surface area is 148 Å². The molecule has 2 nitrogen and oxygen atoms in total. The molecule has 3 heteroatoms. The molecular weight excluding hydrogens is 313 g/mol. The molecule has 0 saturated carbocycles. The highest BCUT2D eigenvalue weighted by atomic mass is 19.1. The van der Waals surface area contributed by atoms with Gasteiger partial charge in [-0.05, 0) is 41.8 Å². The predicted octanol–water partition coefficient (Wildman–Crippen LogP) is 5.58. The summed E-state index contributed by atoms with van der Waals surface area (Å²) in [7, 11) is 0. The van der Waals surface area contributed by atoms with Gasteiger partial charge in [-0.15, -0.1) is 0 Å². The first-order chi connectivity index (χ1) is 12.3. The van der Waals surface area contributed by atoms with Crippen LogP contribution in [0.5, 0.6) is 5.75 Å². The lowest BCUT2D eigenvalue weighted by Crippen LogP contribution is -2.03. The first kappa shape index (κ1) is 17.0. The zero-order valence-electron chi connectivity index (χ0n) is 14.3. The fraction of sp³-hybridized carbons (Fsp3) is 0.182. The maximum Gasteiger partial charge on any atom is 0.129 e. The molecule has 0 unspecified atom stereocenters. The van der Waals surface area contributed by atoms with Gasteiger partial charge >= 0.3 is 0 Å². The van der Waals surface area contributed by atoms with Crippen molar-refractivity contribution in [3.8, 4) is 5.75 Å². The molecular formula is C22H22FNO. The Balaban J connectivity index is 1.62. The highest BCUT2D eigenvalue weighted by Crippen LogP contribution is 2.19. The van der Waals surface area contributed by atoms with Crippen molar-refractivity contribution >= 4 is 5.69 Å². The van der Waals surface area contributed by atoms with Crippen molar-refractivity contribution in [2.75, 3.05) is 5.32 Å². The molecule has 0 bridgehead atoms. The lowest BCUT2D eigenvalue weighted by molar-refractivity contribution is 0.299. The van der Waals surface area contributed by atoms with Gasteiger partial charge in [0.05, 0.1) is 0 Å². The average Bonchev–Trinajstić information content (AvgIpc) is 2.66. The molecule has 0 aliphatic heterocycles. The smallest absolute Gasteiger partial charge is 0.129 e. The van der Waals surface area contributed by atoms with Gasteiger partial charge in [-0.1, -0.05) is 55.5 Å². The lowest BCUT2D eigenvalue weighted by Gasteiger charge is -2.12. The second-order valence-electron chi connectivity index (χ2n) is 5.89. The minimum absolute atomic E-state index is 0.224. The molecule has 3 aromatic rings. The fourth-order valence-electron chi connectivity index (χ4n) is 2.72. The van der Waals surface area contributed by atoms with Gasteiger partial charge in [-0.2, -0.15) is 0 Å². The van der Waals surface area contributed by atoms with Gasteiger partial charge in [0.1, 0.15) is 18.2 Å². The van der Waals surface area contributed by atoms with Gasteiger partial charge in [0, 0.05) is 17.8 Å². The van der Waals surface area contributed by atoms with Gasteiger partial charge < -0.3 is 10.1 Å². The predicted molar refractivity (Wildman–Crippen MR) is 100 cm³/mol. The number of anilines is 1. The van der Waals surface area contributed by atoms with Gasteiger partial charge in [-0.25, -0.2) is 4.39 Å². The SMILES string of the molecule is CCc1ccccc1NCc1cccc(OCc2ccccc2F)c1. The maximum atomic E-state index is 13.7. The highest BCUT2D eigenvalue weighted by molar-refractivity contribution is 5.51. The molecule has 0 spiro atoms. The number of aryl methyl sites for hydroxylation is 1. The summed E-state index contributed by atoms with van der Waals surface area (Å²) in [6.45, 7) is 3.09. The minimum atomic E-state index is -0.239. The zero-order valence-corrected chi connectivity index (χ0v) is 14.3. The van der Waals surface area contributed by atoms with Gasteiger partial charge in [0.2, 0.25) is 0 Å². The summed E-state index contributed by atoms with van der Waals surface area (Å²) in [5.41, 5.74) is 4.14. The van der Waals surface area contributed by atoms with E-state index in [2.05, 4.69) is 36.5 Å². The molecule has 0 saturated heterocycles. The van der Waals surface area contributed by atoms with Gasteiger partial charge in [-0.3, -0.25) is 0 Å². The van der Waals surface area contributed by atoms with E-state index in [-0.39, 0.29) is 12.4 Å². The quantitative estimate of drug-likeness (QED) is 0.608.